The van der Waals surface area contributed by atoms with E-state index < -0.39 is 0 Å². The van der Waals surface area contributed by atoms with Gasteiger partial charge in [-0.2, -0.15) is 0 Å². The van der Waals surface area contributed by atoms with E-state index in [9.17, 15) is 4.79 Å². The molecule has 24 heavy (non-hydrogen) atoms. The second-order valence-corrected chi connectivity index (χ2v) is 5.66. The molecule has 1 saturated heterocycles. The number of piperazine rings is 1. The molecule has 1 aliphatic heterocycles. The summed E-state index contributed by atoms with van der Waals surface area (Å²) >= 11 is 0. The number of imidazole rings is 1. The third kappa shape index (κ3) is 4.06. The summed E-state index contributed by atoms with van der Waals surface area (Å²) in [6.45, 7) is 4.18. The second-order valence-electron chi connectivity index (χ2n) is 5.66. The molecule has 132 valence electrons. The number of carbonyl (C=O) groups is 1. The molecule has 1 amide bonds. The fourth-order valence-electron chi connectivity index (χ4n) is 2.92. The number of nitrogens with zero attached hydrogens (tertiary/aromatic N) is 4. The van der Waals surface area contributed by atoms with Gasteiger partial charge in [-0.25, -0.2) is 4.98 Å². The Morgan fingerprint density at radius 1 is 1.38 bits per heavy atom. The van der Waals surface area contributed by atoms with E-state index in [0.717, 1.165) is 24.5 Å². The predicted molar refractivity (Wildman–Crippen MR) is 97.7 cm³/mol. The molecular formula is C16H23Cl2N5O. The van der Waals surface area contributed by atoms with E-state index in [1.165, 1.54) is 0 Å². The number of nitrogens with one attached hydrogen (secondary N) is 1. The molecular weight excluding hydrogens is 349 g/mol. The van der Waals surface area contributed by atoms with Crippen molar-refractivity contribution in [1.82, 2.24) is 24.8 Å². The summed E-state index contributed by atoms with van der Waals surface area (Å²) in [5.41, 5.74) is 0.949. The first-order valence-electron chi connectivity index (χ1n) is 7.57. The van der Waals surface area contributed by atoms with Crippen LogP contribution < -0.4 is 5.32 Å². The van der Waals surface area contributed by atoms with Crippen molar-refractivity contribution >= 4 is 30.7 Å². The normalized spacial score (nSPS) is 18.2. The van der Waals surface area contributed by atoms with Gasteiger partial charge in [-0.15, -0.1) is 24.8 Å². The molecule has 1 N–H and O–H groups in total. The van der Waals surface area contributed by atoms with E-state index in [1.54, 1.807) is 18.6 Å². The highest BCUT2D eigenvalue weighted by atomic mass is 35.5. The highest BCUT2D eigenvalue weighted by Crippen LogP contribution is 2.25. The molecule has 2 aromatic heterocycles. The Bertz CT molecular complexity index is 649. The van der Waals surface area contributed by atoms with E-state index in [0.29, 0.717) is 6.54 Å². The van der Waals surface area contributed by atoms with Crippen LogP contribution in [0.5, 0.6) is 0 Å². The standard InChI is InChI=1S/C16H21N5O.2ClH/c1-12(13-4-3-5-17-10-13)16(22)21-9-6-18-11-14(21)15-19-7-8-20(15)2;;/h3-5,7-8,10,12,14,18H,6,9,11H2,1-2H3;2*1H. The number of halogens is 2. The van der Waals surface area contributed by atoms with E-state index in [1.807, 2.05) is 41.8 Å². The summed E-state index contributed by atoms with van der Waals surface area (Å²) < 4.78 is 1.98. The molecule has 0 spiro atoms. The van der Waals surface area contributed by atoms with Crippen LogP contribution in [-0.2, 0) is 11.8 Å². The molecule has 0 radical (unpaired) electrons. The van der Waals surface area contributed by atoms with Crippen molar-refractivity contribution in [2.24, 2.45) is 7.05 Å². The first-order valence-corrected chi connectivity index (χ1v) is 7.57. The Morgan fingerprint density at radius 2 is 2.17 bits per heavy atom. The lowest BCUT2D eigenvalue weighted by Crippen LogP contribution is -2.50. The minimum absolute atomic E-state index is 0. The minimum Gasteiger partial charge on any atom is -0.336 e. The molecule has 0 saturated carbocycles. The maximum absolute atomic E-state index is 12.9. The number of aryl methyl sites for hydroxylation is 1. The summed E-state index contributed by atoms with van der Waals surface area (Å²) in [6, 6.07) is 3.79. The summed E-state index contributed by atoms with van der Waals surface area (Å²) in [6.07, 6.45) is 7.18. The number of carbonyl (C=O) groups excluding carboxylic acids is 1. The lowest BCUT2D eigenvalue weighted by Gasteiger charge is -2.37. The summed E-state index contributed by atoms with van der Waals surface area (Å²) in [5, 5.41) is 3.35. The van der Waals surface area contributed by atoms with Crippen LogP contribution in [0.1, 0.15) is 30.3 Å². The van der Waals surface area contributed by atoms with Gasteiger partial charge in [-0.3, -0.25) is 9.78 Å². The maximum Gasteiger partial charge on any atom is 0.230 e. The predicted octanol–water partition coefficient (Wildman–Crippen LogP) is 1.94. The van der Waals surface area contributed by atoms with Crippen LogP contribution in [0.4, 0.5) is 0 Å². The van der Waals surface area contributed by atoms with E-state index in [2.05, 4.69) is 15.3 Å². The third-order valence-electron chi connectivity index (χ3n) is 4.24. The number of hydrogen-bond donors (Lipinski definition) is 1. The number of aromatic nitrogens is 3. The summed E-state index contributed by atoms with van der Waals surface area (Å²) in [4.78, 5) is 23.4. The highest BCUT2D eigenvalue weighted by Gasteiger charge is 2.33. The maximum atomic E-state index is 12.9. The number of rotatable bonds is 3. The average molecular weight is 372 g/mol. The van der Waals surface area contributed by atoms with Crippen molar-refractivity contribution in [3.63, 3.8) is 0 Å². The largest absolute Gasteiger partial charge is 0.336 e. The van der Waals surface area contributed by atoms with Gasteiger partial charge < -0.3 is 14.8 Å². The minimum atomic E-state index is -0.199. The van der Waals surface area contributed by atoms with E-state index in [4.69, 9.17) is 0 Å². The molecule has 2 aromatic rings. The topological polar surface area (TPSA) is 63.1 Å². The summed E-state index contributed by atoms with van der Waals surface area (Å²) in [5.74, 6) is 0.844. The van der Waals surface area contributed by atoms with Crippen molar-refractivity contribution < 1.29 is 4.79 Å². The molecule has 6 nitrogen and oxygen atoms in total. The van der Waals surface area contributed by atoms with Gasteiger partial charge >= 0.3 is 0 Å². The molecule has 1 aliphatic rings. The van der Waals surface area contributed by atoms with Gasteiger partial charge in [0, 0.05) is 51.5 Å². The zero-order valence-electron chi connectivity index (χ0n) is 13.8. The third-order valence-corrected chi connectivity index (χ3v) is 4.24. The average Bonchev–Trinajstić information content (AvgIpc) is 3.00. The second kappa shape index (κ2) is 9.01. The van der Waals surface area contributed by atoms with Gasteiger partial charge in [0.25, 0.3) is 0 Å². The fourth-order valence-corrected chi connectivity index (χ4v) is 2.92. The van der Waals surface area contributed by atoms with E-state index >= 15 is 0 Å². The van der Waals surface area contributed by atoms with Crippen LogP contribution in [0.25, 0.3) is 0 Å². The lowest BCUT2D eigenvalue weighted by atomic mass is 10.00. The first kappa shape index (κ1) is 20.4. The lowest BCUT2D eigenvalue weighted by molar-refractivity contribution is -0.136. The molecule has 0 bridgehead atoms. The van der Waals surface area contributed by atoms with Crippen LogP contribution in [0.3, 0.4) is 0 Å². The summed E-state index contributed by atoms with van der Waals surface area (Å²) in [7, 11) is 1.96. The molecule has 2 unspecified atom stereocenters. The van der Waals surface area contributed by atoms with Crippen LogP contribution in [0.2, 0.25) is 0 Å². The monoisotopic (exact) mass is 371 g/mol. The van der Waals surface area contributed by atoms with Crippen LogP contribution in [0.15, 0.2) is 36.9 Å². The van der Waals surface area contributed by atoms with Gasteiger partial charge in [-0.1, -0.05) is 6.07 Å². The zero-order chi connectivity index (χ0) is 15.5. The Hall–Kier alpha value is -1.63. The van der Waals surface area contributed by atoms with Crippen molar-refractivity contribution in [3.8, 4) is 0 Å². The number of pyridine rings is 1. The van der Waals surface area contributed by atoms with Gasteiger partial charge in [0.05, 0.1) is 5.92 Å². The Labute approximate surface area is 154 Å². The van der Waals surface area contributed by atoms with Gasteiger partial charge in [-0.05, 0) is 18.6 Å². The van der Waals surface area contributed by atoms with E-state index in [-0.39, 0.29) is 42.7 Å². The molecule has 3 rings (SSSR count). The van der Waals surface area contributed by atoms with Gasteiger partial charge in [0.15, 0.2) is 0 Å². The number of hydrogen-bond acceptors (Lipinski definition) is 4. The first-order chi connectivity index (χ1) is 10.7. The molecule has 0 aromatic carbocycles. The SMILES string of the molecule is CC(C(=O)N1CCNCC1c1nccn1C)c1cccnc1.Cl.Cl. The molecule has 3 heterocycles. The molecule has 0 aliphatic carbocycles. The van der Waals surface area contributed by atoms with Gasteiger partial charge in [0.2, 0.25) is 5.91 Å². The smallest absolute Gasteiger partial charge is 0.230 e. The van der Waals surface area contributed by atoms with Crippen molar-refractivity contribution in [2.45, 2.75) is 18.9 Å². The van der Waals surface area contributed by atoms with Crippen LogP contribution in [0, 0.1) is 0 Å². The Balaban J connectivity index is 0.00000144. The Kier molecular flexibility index (Phi) is 7.66. The zero-order valence-corrected chi connectivity index (χ0v) is 15.4. The molecule has 2 atom stereocenters. The Morgan fingerprint density at radius 3 is 2.79 bits per heavy atom. The quantitative estimate of drug-likeness (QED) is 0.895. The van der Waals surface area contributed by atoms with Crippen LogP contribution >= 0.6 is 24.8 Å². The van der Waals surface area contributed by atoms with Gasteiger partial charge in [0.1, 0.15) is 11.9 Å². The van der Waals surface area contributed by atoms with Crippen molar-refractivity contribution in [1.29, 1.82) is 0 Å². The van der Waals surface area contributed by atoms with Crippen LogP contribution in [-0.4, -0.2) is 45.0 Å². The molecule has 8 heteroatoms. The molecule has 1 fully saturated rings. The number of amides is 1. The van der Waals surface area contributed by atoms with Crippen molar-refractivity contribution in [2.75, 3.05) is 19.6 Å². The fraction of sp³-hybridized carbons (Fsp3) is 0.438. The highest BCUT2D eigenvalue weighted by molar-refractivity contribution is 5.85. The van der Waals surface area contributed by atoms with Crippen molar-refractivity contribution in [3.05, 3.63) is 48.3 Å².